The summed E-state index contributed by atoms with van der Waals surface area (Å²) in [6.45, 7) is 6.66. The maximum Gasteiger partial charge on any atom is 0.335 e. The Morgan fingerprint density at radius 1 is 1.40 bits per heavy atom. The lowest BCUT2D eigenvalue weighted by Gasteiger charge is -2.22. The average molecular weight is 278 g/mol. The summed E-state index contributed by atoms with van der Waals surface area (Å²) in [5.74, 6) is -0.578. The summed E-state index contributed by atoms with van der Waals surface area (Å²) in [4.78, 5) is 24.6. The number of benzene rings is 1. The number of carboxylic acids is 1. The van der Waals surface area contributed by atoms with E-state index in [9.17, 15) is 9.59 Å². The molecule has 5 heteroatoms. The molecule has 0 aromatic heterocycles. The summed E-state index contributed by atoms with van der Waals surface area (Å²) < 4.78 is 0. The predicted octanol–water partition coefficient (Wildman–Crippen LogP) is 3.20. The summed E-state index contributed by atoms with van der Waals surface area (Å²) in [7, 11) is 1.73. The first-order chi connectivity index (χ1) is 9.35. The van der Waals surface area contributed by atoms with Crippen molar-refractivity contribution < 1.29 is 14.7 Å². The van der Waals surface area contributed by atoms with Gasteiger partial charge in [0.15, 0.2) is 0 Å². The van der Waals surface area contributed by atoms with Gasteiger partial charge in [-0.05, 0) is 30.5 Å². The van der Waals surface area contributed by atoms with Crippen LogP contribution < -0.4 is 5.32 Å². The smallest absolute Gasteiger partial charge is 0.335 e. The second kappa shape index (κ2) is 6.93. The van der Waals surface area contributed by atoms with E-state index >= 15 is 0 Å². The molecule has 0 heterocycles. The Labute approximate surface area is 119 Å². The highest BCUT2D eigenvalue weighted by molar-refractivity contribution is 5.93. The summed E-state index contributed by atoms with van der Waals surface area (Å²) >= 11 is 0. The Morgan fingerprint density at radius 2 is 2.05 bits per heavy atom. The van der Waals surface area contributed by atoms with Crippen molar-refractivity contribution in [2.24, 2.45) is 5.92 Å². The molecule has 1 aromatic rings. The van der Waals surface area contributed by atoms with Crippen molar-refractivity contribution in [3.63, 3.8) is 0 Å². The quantitative estimate of drug-likeness (QED) is 0.869. The fraction of sp³-hybridized carbons (Fsp3) is 0.467. The normalized spacial score (nSPS) is 11.8. The van der Waals surface area contributed by atoms with E-state index in [0.717, 1.165) is 12.0 Å². The molecule has 20 heavy (non-hydrogen) atoms. The minimum Gasteiger partial charge on any atom is -0.478 e. The highest BCUT2D eigenvalue weighted by Crippen LogP contribution is 2.17. The Balaban J connectivity index is 2.79. The summed E-state index contributed by atoms with van der Waals surface area (Å²) in [5, 5.41) is 11.7. The van der Waals surface area contributed by atoms with E-state index in [1.54, 1.807) is 18.0 Å². The van der Waals surface area contributed by atoms with E-state index in [2.05, 4.69) is 19.2 Å². The van der Waals surface area contributed by atoms with Gasteiger partial charge in [0.1, 0.15) is 0 Å². The largest absolute Gasteiger partial charge is 0.478 e. The number of carboxylic acid groups (broad SMARTS) is 1. The average Bonchev–Trinajstić information content (AvgIpc) is 2.40. The van der Waals surface area contributed by atoms with Gasteiger partial charge in [-0.3, -0.25) is 0 Å². The van der Waals surface area contributed by atoms with Crippen LogP contribution in [0, 0.1) is 12.8 Å². The van der Waals surface area contributed by atoms with Crippen molar-refractivity contribution >= 4 is 17.7 Å². The van der Waals surface area contributed by atoms with Crippen LogP contribution in [0.15, 0.2) is 18.2 Å². The topological polar surface area (TPSA) is 69.6 Å². The molecule has 1 unspecified atom stereocenters. The molecule has 110 valence electrons. The number of hydrogen-bond acceptors (Lipinski definition) is 2. The van der Waals surface area contributed by atoms with E-state index in [4.69, 9.17) is 5.11 Å². The van der Waals surface area contributed by atoms with Crippen molar-refractivity contribution in [1.82, 2.24) is 4.90 Å². The number of carbonyl (C=O) groups is 2. The number of nitrogens with one attached hydrogen (secondary N) is 1. The van der Waals surface area contributed by atoms with Gasteiger partial charge in [0, 0.05) is 19.3 Å². The molecule has 0 spiro atoms. The molecule has 2 N–H and O–H groups in total. The first-order valence-corrected chi connectivity index (χ1v) is 6.71. The molecular formula is C15H22N2O3. The van der Waals surface area contributed by atoms with Crippen molar-refractivity contribution in [3.8, 4) is 0 Å². The Kier molecular flexibility index (Phi) is 5.55. The number of hydrogen-bond donors (Lipinski definition) is 2. The first-order valence-electron chi connectivity index (χ1n) is 6.71. The number of carbonyl (C=O) groups excluding carboxylic acids is 1. The van der Waals surface area contributed by atoms with Crippen LogP contribution >= 0.6 is 0 Å². The fourth-order valence-corrected chi connectivity index (χ4v) is 1.78. The van der Waals surface area contributed by atoms with Gasteiger partial charge >= 0.3 is 12.0 Å². The maximum atomic E-state index is 12.1. The zero-order chi connectivity index (χ0) is 15.3. The Hall–Kier alpha value is -2.04. The summed E-state index contributed by atoms with van der Waals surface area (Å²) in [6, 6.07) is 4.47. The highest BCUT2D eigenvalue weighted by Gasteiger charge is 2.13. The van der Waals surface area contributed by atoms with Crippen LogP contribution in [-0.4, -0.2) is 35.6 Å². The van der Waals surface area contributed by atoms with Crippen molar-refractivity contribution in [2.75, 3.05) is 18.9 Å². The summed E-state index contributed by atoms with van der Waals surface area (Å²) in [6.07, 6.45) is 1.01. The zero-order valence-electron chi connectivity index (χ0n) is 12.4. The van der Waals surface area contributed by atoms with Gasteiger partial charge in [-0.2, -0.15) is 0 Å². The molecule has 0 aliphatic heterocycles. The number of nitrogens with zero attached hydrogens (tertiary/aromatic N) is 1. The molecule has 1 aromatic carbocycles. The maximum absolute atomic E-state index is 12.1. The van der Waals surface area contributed by atoms with E-state index in [1.165, 1.54) is 12.1 Å². The van der Waals surface area contributed by atoms with Gasteiger partial charge in [-0.15, -0.1) is 0 Å². The standard InChI is InChI=1S/C15H22N2O3/c1-5-10(2)9-17(4)15(20)16-13-8-12(14(18)19)7-6-11(13)3/h6-8,10H,5,9H2,1-4H3,(H,16,20)(H,18,19). The third-order valence-electron chi connectivity index (χ3n) is 3.36. The molecular weight excluding hydrogens is 256 g/mol. The molecule has 1 atom stereocenters. The van der Waals surface area contributed by atoms with Crippen LogP contribution in [0.5, 0.6) is 0 Å². The van der Waals surface area contributed by atoms with Crippen molar-refractivity contribution in [3.05, 3.63) is 29.3 Å². The van der Waals surface area contributed by atoms with Crippen molar-refractivity contribution in [1.29, 1.82) is 0 Å². The van der Waals surface area contributed by atoms with Crippen LogP contribution in [0.25, 0.3) is 0 Å². The monoisotopic (exact) mass is 278 g/mol. The van der Waals surface area contributed by atoms with Crippen LogP contribution in [-0.2, 0) is 0 Å². The molecule has 5 nitrogen and oxygen atoms in total. The second-order valence-corrected chi connectivity index (χ2v) is 5.16. The molecule has 0 saturated heterocycles. The molecule has 0 saturated carbocycles. The number of rotatable bonds is 5. The van der Waals surface area contributed by atoms with Crippen molar-refractivity contribution in [2.45, 2.75) is 27.2 Å². The van der Waals surface area contributed by atoms with Gasteiger partial charge in [0.2, 0.25) is 0 Å². The van der Waals surface area contributed by atoms with E-state index in [-0.39, 0.29) is 11.6 Å². The predicted molar refractivity (Wildman–Crippen MR) is 79.2 cm³/mol. The van der Waals surface area contributed by atoms with Gasteiger partial charge < -0.3 is 15.3 Å². The molecule has 0 radical (unpaired) electrons. The number of aryl methyl sites for hydroxylation is 1. The number of aromatic carboxylic acids is 1. The third kappa shape index (κ3) is 4.26. The Bertz CT molecular complexity index is 500. The SMILES string of the molecule is CCC(C)CN(C)C(=O)Nc1cc(C(=O)O)ccc1C. The number of anilines is 1. The molecule has 2 amide bonds. The number of amides is 2. The van der Waals surface area contributed by atoms with E-state index in [0.29, 0.717) is 18.2 Å². The van der Waals surface area contributed by atoms with Crippen LogP contribution in [0.1, 0.15) is 36.2 Å². The molecule has 1 rings (SSSR count). The van der Waals surface area contributed by atoms with Crippen LogP contribution in [0.4, 0.5) is 10.5 Å². The fourth-order valence-electron chi connectivity index (χ4n) is 1.78. The van der Waals surface area contributed by atoms with E-state index in [1.807, 2.05) is 6.92 Å². The van der Waals surface area contributed by atoms with Crippen LogP contribution in [0.3, 0.4) is 0 Å². The lowest BCUT2D eigenvalue weighted by atomic mass is 10.1. The van der Waals surface area contributed by atoms with Gasteiger partial charge in [-0.25, -0.2) is 9.59 Å². The highest BCUT2D eigenvalue weighted by atomic mass is 16.4. The van der Waals surface area contributed by atoms with Gasteiger partial charge in [-0.1, -0.05) is 26.3 Å². The number of urea groups is 1. The molecule has 0 bridgehead atoms. The van der Waals surface area contributed by atoms with E-state index < -0.39 is 5.97 Å². The third-order valence-corrected chi connectivity index (χ3v) is 3.36. The van der Waals surface area contributed by atoms with Crippen LogP contribution in [0.2, 0.25) is 0 Å². The molecule has 0 aliphatic carbocycles. The minimum atomic E-state index is -1.01. The molecule has 0 aliphatic rings. The lowest BCUT2D eigenvalue weighted by molar-refractivity contribution is 0.0697. The summed E-state index contributed by atoms with van der Waals surface area (Å²) in [5.41, 5.74) is 1.53. The minimum absolute atomic E-state index is 0.162. The zero-order valence-corrected chi connectivity index (χ0v) is 12.4. The van der Waals surface area contributed by atoms with Gasteiger partial charge in [0.05, 0.1) is 5.56 Å². The second-order valence-electron chi connectivity index (χ2n) is 5.16. The molecule has 0 fully saturated rings. The first kappa shape index (κ1) is 16.0. The van der Waals surface area contributed by atoms with Gasteiger partial charge in [0.25, 0.3) is 0 Å². The Morgan fingerprint density at radius 3 is 2.60 bits per heavy atom. The lowest BCUT2D eigenvalue weighted by Crippen LogP contribution is -2.34.